The SMILES string of the molecule is CC(=O)C(C)SCCC#N. The zero-order valence-electron chi connectivity index (χ0n) is 6.26. The number of nitrogens with zero attached hydrogens (tertiary/aromatic N) is 1. The highest BCUT2D eigenvalue weighted by atomic mass is 32.2. The Hall–Kier alpha value is -0.490. The highest BCUT2D eigenvalue weighted by Crippen LogP contribution is 2.11. The summed E-state index contributed by atoms with van der Waals surface area (Å²) in [5, 5.41) is 8.22. The van der Waals surface area contributed by atoms with Crippen molar-refractivity contribution < 1.29 is 4.79 Å². The Bertz CT molecular complexity index is 150. The lowest BCUT2D eigenvalue weighted by atomic mass is 10.3. The van der Waals surface area contributed by atoms with E-state index in [0.717, 1.165) is 5.75 Å². The molecule has 2 nitrogen and oxygen atoms in total. The number of hydrogen-bond acceptors (Lipinski definition) is 3. The van der Waals surface area contributed by atoms with Crippen LogP contribution in [-0.2, 0) is 4.79 Å². The highest BCUT2D eigenvalue weighted by molar-refractivity contribution is 8.00. The molecule has 1 unspecified atom stereocenters. The molecule has 0 aromatic rings. The molecular weight excluding hydrogens is 146 g/mol. The second kappa shape index (κ2) is 5.31. The van der Waals surface area contributed by atoms with Gasteiger partial charge in [0.2, 0.25) is 0 Å². The fourth-order valence-corrected chi connectivity index (χ4v) is 1.20. The topological polar surface area (TPSA) is 40.9 Å². The van der Waals surface area contributed by atoms with Crippen molar-refractivity contribution in [2.75, 3.05) is 5.75 Å². The van der Waals surface area contributed by atoms with E-state index in [2.05, 4.69) is 0 Å². The molecule has 0 aromatic heterocycles. The van der Waals surface area contributed by atoms with Gasteiger partial charge in [0.05, 0.1) is 11.3 Å². The predicted molar refractivity (Wildman–Crippen MR) is 42.8 cm³/mol. The Morgan fingerprint density at radius 2 is 2.40 bits per heavy atom. The van der Waals surface area contributed by atoms with Gasteiger partial charge in [-0.2, -0.15) is 5.26 Å². The van der Waals surface area contributed by atoms with E-state index in [1.807, 2.05) is 13.0 Å². The Morgan fingerprint density at radius 1 is 1.80 bits per heavy atom. The first-order valence-corrected chi connectivity index (χ1v) is 4.22. The molecule has 1 atom stereocenters. The molecule has 0 amide bonds. The lowest BCUT2D eigenvalue weighted by Crippen LogP contribution is -2.08. The highest BCUT2D eigenvalue weighted by Gasteiger charge is 2.05. The summed E-state index contributed by atoms with van der Waals surface area (Å²) in [6.45, 7) is 3.44. The molecule has 0 heterocycles. The average Bonchev–Trinajstić information content (AvgIpc) is 1.88. The molecule has 0 radical (unpaired) electrons. The molecule has 0 fully saturated rings. The molecule has 0 saturated heterocycles. The summed E-state index contributed by atoms with van der Waals surface area (Å²) in [6.07, 6.45) is 0.530. The summed E-state index contributed by atoms with van der Waals surface area (Å²) in [4.78, 5) is 10.6. The molecule has 0 saturated carbocycles. The van der Waals surface area contributed by atoms with Gasteiger partial charge in [-0.15, -0.1) is 11.8 Å². The van der Waals surface area contributed by atoms with Gasteiger partial charge in [0.25, 0.3) is 0 Å². The van der Waals surface area contributed by atoms with E-state index in [-0.39, 0.29) is 11.0 Å². The van der Waals surface area contributed by atoms with Gasteiger partial charge >= 0.3 is 0 Å². The zero-order valence-corrected chi connectivity index (χ0v) is 7.07. The van der Waals surface area contributed by atoms with Crippen LogP contribution in [0.5, 0.6) is 0 Å². The number of thioether (sulfide) groups is 1. The number of Topliss-reactive ketones (excluding diaryl/α,β-unsaturated/α-hetero) is 1. The van der Waals surface area contributed by atoms with Crippen LogP contribution >= 0.6 is 11.8 Å². The Balaban J connectivity index is 3.32. The minimum absolute atomic E-state index is 0.0494. The summed E-state index contributed by atoms with van der Waals surface area (Å²) in [5.41, 5.74) is 0. The van der Waals surface area contributed by atoms with Gasteiger partial charge in [0.15, 0.2) is 0 Å². The maximum absolute atomic E-state index is 10.6. The lowest BCUT2D eigenvalue weighted by Gasteiger charge is -2.03. The molecule has 56 valence electrons. The number of carbonyl (C=O) groups is 1. The third-order valence-electron chi connectivity index (χ3n) is 1.15. The molecular formula is C7H11NOS. The quantitative estimate of drug-likeness (QED) is 0.582. The first-order valence-electron chi connectivity index (χ1n) is 3.17. The van der Waals surface area contributed by atoms with Crippen LogP contribution in [0.2, 0.25) is 0 Å². The van der Waals surface area contributed by atoms with E-state index in [1.165, 1.54) is 11.8 Å². The Labute approximate surface area is 65.6 Å². The zero-order chi connectivity index (χ0) is 7.98. The molecule has 0 rings (SSSR count). The third kappa shape index (κ3) is 4.39. The molecule has 0 aliphatic carbocycles. The van der Waals surface area contributed by atoms with Crippen molar-refractivity contribution in [1.82, 2.24) is 0 Å². The summed E-state index contributed by atoms with van der Waals surface area (Å²) in [7, 11) is 0. The Morgan fingerprint density at radius 3 is 2.80 bits per heavy atom. The maximum Gasteiger partial charge on any atom is 0.142 e. The summed E-state index contributed by atoms with van der Waals surface area (Å²) in [5.74, 6) is 0.944. The Kier molecular flexibility index (Phi) is 5.05. The van der Waals surface area contributed by atoms with Crippen molar-refractivity contribution in [3.63, 3.8) is 0 Å². The third-order valence-corrected chi connectivity index (χ3v) is 2.43. The van der Waals surface area contributed by atoms with Gasteiger partial charge in [-0.05, 0) is 13.8 Å². The van der Waals surface area contributed by atoms with Gasteiger partial charge in [0.1, 0.15) is 5.78 Å². The van der Waals surface area contributed by atoms with Crippen LogP contribution in [0.4, 0.5) is 0 Å². The van der Waals surface area contributed by atoms with E-state index < -0.39 is 0 Å². The summed E-state index contributed by atoms with van der Waals surface area (Å²) < 4.78 is 0. The smallest absolute Gasteiger partial charge is 0.142 e. The number of ketones is 1. The van der Waals surface area contributed by atoms with Crippen molar-refractivity contribution in [3.05, 3.63) is 0 Å². The predicted octanol–water partition coefficient (Wildman–Crippen LogP) is 1.61. The van der Waals surface area contributed by atoms with Crippen LogP contribution < -0.4 is 0 Å². The van der Waals surface area contributed by atoms with Gasteiger partial charge in [-0.3, -0.25) is 4.79 Å². The van der Waals surface area contributed by atoms with E-state index >= 15 is 0 Å². The monoisotopic (exact) mass is 157 g/mol. The molecule has 0 bridgehead atoms. The van der Waals surface area contributed by atoms with Gasteiger partial charge < -0.3 is 0 Å². The number of nitriles is 1. The summed E-state index contributed by atoms with van der Waals surface area (Å²) in [6, 6.07) is 2.03. The lowest BCUT2D eigenvalue weighted by molar-refractivity contribution is -0.116. The molecule has 10 heavy (non-hydrogen) atoms. The normalized spacial score (nSPS) is 12.1. The van der Waals surface area contributed by atoms with Crippen LogP contribution in [0, 0.1) is 11.3 Å². The fraction of sp³-hybridized carbons (Fsp3) is 0.714. The second-order valence-corrected chi connectivity index (χ2v) is 3.48. The van der Waals surface area contributed by atoms with Crippen molar-refractivity contribution >= 4 is 17.5 Å². The first kappa shape index (κ1) is 9.51. The van der Waals surface area contributed by atoms with Gasteiger partial charge in [-0.25, -0.2) is 0 Å². The van der Waals surface area contributed by atoms with E-state index in [4.69, 9.17) is 5.26 Å². The van der Waals surface area contributed by atoms with Crippen LogP contribution in [-0.4, -0.2) is 16.8 Å². The second-order valence-electron chi connectivity index (χ2n) is 2.03. The van der Waals surface area contributed by atoms with E-state index in [9.17, 15) is 4.79 Å². The number of rotatable bonds is 4. The van der Waals surface area contributed by atoms with Crippen molar-refractivity contribution in [1.29, 1.82) is 5.26 Å². The standard InChI is InChI=1S/C7H11NOS/c1-6(9)7(2)10-5-3-4-8/h7H,3,5H2,1-2H3. The van der Waals surface area contributed by atoms with E-state index in [1.54, 1.807) is 6.92 Å². The molecule has 3 heteroatoms. The maximum atomic E-state index is 10.6. The summed E-state index contributed by atoms with van der Waals surface area (Å²) >= 11 is 1.54. The molecule has 0 N–H and O–H groups in total. The molecule has 0 aliphatic rings. The minimum atomic E-state index is 0.0494. The van der Waals surface area contributed by atoms with Gasteiger partial charge in [-0.1, -0.05) is 0 Å². The first-order chi connectivity index (χ1) is 4.68. The van der Waals surface area contributed by atoms with Crippen LogP contribution in [0.15, 0.2) is 0 Å². The van der Waals surface area contributed by atoms with Crippen molar-refractivity contribution in [2.45, 2.75) is 25.5 Å². The molecule has 0 aromatic carbocycles. The average molecular weight is 157 g/mol. The van der Waals surface area contributed by atoms with E-state index in [0.29, 0.717) is 6.42 Å². The molecule has 0 spiro atoms. The van der Waals surface area contributed by atoms with Crippen LogP contribution in [0.1, 0.15) is 20.3 Å². The minimum Gasteiger partial charge on any atom is -0.299 e. The largest absolute Gasteiger partial charge is 0.299 e. The van der Waals surface area contributed by atoms with Crippen LogP contribution in [0.3, 0.4) is 0 Å². The number of carbonyl (C=O) groups excluding carboxylic acids is 1. The fourth-order valence-electron chi connectivity index (χ4n) is 0.399. The van der Waals surface area contributed by atoms with Crippen molar-refractivity contribution in [3.8, 4) is 6.07 Å². The van der Waals surface area contributed by atoms with Crippen LogP contribution in [0.25, 0.3) is 0 Å². The van der Waals surface area contributed by atoms with Gasteiger partial charge in [0, 0.05) is 12.2 Å². The number of hydrogen-bond donors (Lipinski definition) is 0. The molecule has 0 aliphatic heterocycles. The van der Waals surface area contributed by atoms with Crippen molar-refractivity contribution in [2.24, 2.45) is 0 Å².